The minimum Gasteiger partial charge on any atom is -0.396 e. The average molecular weight is 471 g/mol. The molecule has 0 saturated heterocycles. The molecule has 0 spiro atoms. The summed E-state index contributed by atoms with van der Waals surface area (Å²) in [6.07, 6.45) is 14.3. The summed E-state index contributed by atoms with van der Waals surface area (Å²) in [5.74, 6) is 2.90. The molecule has 0 saturated carbocycles. The number of hydrogen-bond acceptors (Lipinski definition) is 3. The standard InChI is InChI=1S/C30H62O3/c1-25(2)13-10-14-27(4)18-23-32-30(8,9)21-12-16-28(5)19-24-33-29(6,7)20-11-15-26(3)17-22-31/h25-28,31H,10-24H2,1-9H3. The number of hydrogen-bond donors (Lipinski definition) is 1. The summed E-state index contributed by atoms with van der Waals surface area (Å²) >= 11 is 0. The predicted octanol–water partition coefficient (Wildman–Crippen LogP) is 8.81. The molecule has 0 fully saturated rings. The average Bonchev–Trinajstić information content (AvgIpc) is 2.67. The van der Waals surface area contributed by atoms with Crippen molar-refractivity contribution >= 4 is 0 Å². The van der Waals surface area contributed by atoms with Gasteiger partial charge < -0.3 is 14.6 Å². The van der Waals surface area contributed by atoms with Crippen molar-refractivity contribution in [3.8, 4) is 0 Å². The molecular weight excluding hydrogens is 408 g/mol. The lowest BCUT2D eigenvalue weighted by Gasteiger charge is -2.28. The SMILES string of the molecule is CC(C)CCCC(C)CCOC(C)(C)CCCC(C)CCOC(C)(C)CCCC(C)CCO. The zero-order valence-corrected chi connectivity index (χ0v) is 24.2. The van der Waals surface area contributed by atoms with Crippen LogP contribution in [0.2, 0.25) is 0 Å². The molecule has 0 aromatic heterocycles. The maximum absolute atomic E-state index is 9.04. The third-order valence-electron chi connectivity index (χ3n) is 7.26. The first kappa shape index (κ1) is 32.9. The van der Waals surface area contributed by atoms with Crippen LogP contribution in [-0.2, 0) is 9.47 Å². The van der Waals surface area contributed by atoms with Crippen molar-refractivity contribution in [1.82, 2.24) is 0 Å². The Bertz CT molecular complexity index is 444. The molecule has 0 aliphatic rings. The molecular formula is C30H62O3. The monoisotopic (exact) mass is 470 g/mol. The van der Waals surface area contributed by atoms with Crippen LogP contribution in [0.25, 0.3) is 0 Å². The molecule has 200 valence electrons. The van der Waals surface area contributed by atoms with Gasteiger partial charge in [0.2, 0.25) is 0 Å². The van der Waals surface area contributed by atoms with Crippen LogP contribution in [0.15, 0.2) is 0 Å². The molecule has 0 aromatic rings. The van der Waals surface area contributed by atoms with Crippen molar-refractivity contribution in [3.63, 3.8) is 0 Å². The zero-order valence-electron chi connectivity index (χ0n) is 24.2. The second-order valence-corrected chi connectivity index (χ2v) is 12.7. The highest BCUT2D eigenvalue weighted by Crippen LogP contribution is 2.25. The highest BCUT2D eigenvalue weighted by atomic mass is 16.5. The van der Waals surface area contributed by atoms with E-state index in [-0.39, 0.29) is 11.2 Å². The topological polar surface area (TPSA) is 38.7 Å². The molecule has 0 radical (unpaired) electrons. The van der Waals surface area contributed by atoms with Crippen molar-refractivity contribution in [3.05, 3.63) is 0 Å². The molecule has 0 rings (SSSR count). The lowest BCUT2D eigenvalue weighted by molar-refractivity contribution is -0.0345. The Morgan fingerprint density at radius 2 is 0.939 bits per heavy atom. The molecule has 0 aromatic carbocycles. The van der Waals surface area contributed by atoms with E-state index >= 15 is 0 Å². The Morgan fingerprint density at radius 1 is 0.545 bits per heavy atom. The lowest BCUT2D eigenvalue weighted by Crippen LogP contribution is -2.26. The number of aliphatic hydroxyl groups excluding tert-OH is 1. The third kappa shape index (κ3) is 20.9. The fourth-order valence-electron chi connectivity index (χ4n) is 4.50. The molecule has 0 heterocycles. The second kappa shape index (κ2) is 18.2. The number of rotatable bonds is 22. The van der Waals surface area contributed by atoms with Crippen LogP contribution in [0.3, 0.4) is 0 Å². The summed E-state index contributed by atoms with van der Waals surface area (Å²) in [6, 6.07) is 0. The van der Waals surface area contributed by atoms with Gasteiger partial charge in [-0.3, -0.25) is 0 Å². The van der Waals surface area contributed by atoms with Gasteiger partial charge in [0.15, 0.2) is 0 Å². The van der Waals surface area contributed by atoms with E-state index in [0.29, 0.717) is 18.4 Å². The van der Waals surface area contributed by atoms with Gasteiger partial charge in [-0.25, -0.2) is 0 Å². The first-order valence-electron chi connectivity index (χ1n) is 14.3. The Balaban J connectivity index is 3.89. The smallest absolute Gasteiger partial charge is 0.0626 e. The van der Waals surface area contributed by atoms with Gasteiger partial charge in [-0.15, -0.1) is 0 Å². The van der Waals surface area contributed by atoms with Crippen LogP contribution in [-0.4, -0.2) is 36.1 Å². The van der Waals surface area contributed by atoms with Gasteiger partial charge >= 0.3 is 0 Å². The van der Waals surface area contributed by atoms with E-state index in [1.54, 1.807) is 0 Å². The Kier molecular flexibility index (Phi) is 18.1. The zero-order chi connectivity index (χ0) is 25.3. The molecule has 0 aliphatic carbocycles. The van der Waals surface area contributed by atoms with Crippen LogP contribution in [0, 0.1) is 23.7 Å². The quantitative estimate of drug-likeness (QED) is 0.172. The first-order valence-corrected chi connectivity index (χ1v) is 14.3. The Labute approximate surface area is 208 Å². The van der Waals surface area contributed by atoms with E-state index < -0.39 is 0 Å². The van der Waals surface area contributed by atoms with E-state index in [1.807, 2.05) is 0 Å². The van der Waals surface area contributed by atoms with Crippen molar-refractivity contribution in [1.29, 1.82) is 0 Å². The van der Waals surface area contributed by atoms with Crippen LogP contribution >= 0.6 is 0 Å². The van der Waals surface area contributed by atoms with Gasteiger partial charge in [-0.1, -0.05) is 79.6 Å². The van der Waals surface area contributed by atoms with Crippen LogP contribution in [0.4, 0.5) is 0 Å². The summed E-state index contributed by atoms with van der Waals surface area (Å²) in [4.78, 5) is 0. The van der Waals surface area contributed by atoms with Crippen molar-refractivity contribution in [2.75, 3.05) is 19.8 Å². The summed E-state index contributed by atoms with van der Waals surface area (Å²) in [6.45, 7) is 22.6. The molecule has 0 aliphatic heterocycles. The molecule has 3 unspecified atom stereocenters. The van der Waals surface area contributed by atoms with Gasteiger partial charge in [-0.2, -0.15) is 0 Å². The van der Waals surface area contributed by atoms with Gasteiger partial charge in [0.05, 0.1) is 11.2 Å². The molecule has 33 heavy (non-hydrogen) atoms. The summed E-state index contributed by atoms with van der Waals surface area (Å²) in [5.41, 5.74) is -0.0521. The van der Waals surface area contributed by atoms with Crippen LogP contribution in [0.1, 0.15) is 139 Å². The van der Waals surface area contributed by atoms with E-state index in [0.717, 1.165) is 50.7 Å². The van der Waals surface area contributed by atoms with Crippen molar-refractivity contribution in [2.24, 2.45) is 23.7 Å². The van der Waals surface area contributed by atoms with Gasteiger partial charge in [0, 0.05) is 19.8 Å². The maximum atomic E-state index is 9.04. The molecule has 1 N–H and O–H groups in total. The highest BCUT2D eigenvalue weighted by molar-refractivity contribution is 4.72. The molecule has 3 nitrogen and oxygen atoms in total. The highest BCUT2D eigenvalue weighted by Gasteiger charge is 2.20. The fourth-order valence-corrected chi connectivity index (χ4v) is 4.50. The van der Waals surface area contributed by atoms with Crippen molar-refractivity contribution in [2.45, 2.75) is 151 Å². The third-order valence-corrected chi connectivity index (χ3v) is 7.26. The number of ether oxygens (including phenoxy) is 2. The van der Waals surface area contributed by atoms with Crippen LogP contribution in [0.5, 0.6) is 0 Å². The van der Waals surface area contributed by atoms with Gasteiger partial charge in [0.1, 0.15) is 0 Å². The summed E-state index contributed by atoms with van der Waals surface area (Å²) in [5, 5.41) is 9.04. The van der Waals surface area contributed by atoms with E-state index in [1.165, 1.54) is 51.4 Å². The minimum absolute atomic E-state index is 0.0109. The molecule has 0 amide bonds. The second-order valence-electron chi connectivity index (χ2n) is 12.7. The fraction of sp³-hybridized carbons (Fsp3) is 1.00. The molecule has 0 bridgehead atoms. The van der Waals surface area contributed by atoms with E-state index in [9.17, 15) is 0 Å². The Morgan fingerprint density at radius 3 is 1.33 bits per heavy atom. The van der Waals surface area contributed by atoms with Gasteiger partial charge in [0.25, 0.3) is 0 Å². The predicted molar refractivity (Wildman–Crippen MR) is 145 cm³/mol. The Hall–Kier alpha value is -0.120. The van der Waals surface area contributed by atoms with Crippen molar-refractivity contribution < 1.29 is 14.6 Å². The summed E-state index contributed by atoms with van der Waals surface area (Å²) in [7, 11) is 0. The largest absolute Gasteiger partial charge is 0.396 e. The lowest BCUT2D eigenvalue weighted by atomic mass is 9.94. The first-order chi connectivity index (χ1) is 15.4. The normalized spacial score (nSPS) is 15.7. The van der Waals surface area contributed by atoms with E-state index in [4.69, 9.17) is 14.6 Å². The maximum Gasteiger partial charge on any atom is 0.0626 e. The minimum atomic E-state index is -0.0413. The van der Waals surface area contributed by atoms with Crippen LogP contribution < -0.4 is 0 Å². The van der Waals surface area contributed by atoms with Gasteiger partial charge in [-0.05, 0) is 83.5 Å². The molecule has 3 atom stereocenters. The summed E-state index contributed by atoms with van der Waals surface area (Å²) < 4.78 is 12.5. The van der Waals surface area contributed by atoms with E-state index in [2.05, 4.69) is 62.3 Å². The molecule has 3 heteroatoms. The number of aliphatic hydroxyl groups is 1.